The fourth-order valence-corrected chi connectivity index (χ4v) is 0.993. The maximum atomic E-state index is 11.2. The summed E-state index contributed by atoms with van der Waals surface area (Å²) in [5.74, 6) is 4.95. The minimum absolute atomic E-state index is 0.113. The van der Waals surface area contributed by atoms with Crippen LogP contribution in [-0.4, -0.2) is 24.3 Å². The molecular formula is C11H10N2O3. The zero-order valence-corrected chi connectivity index (χ0v) is 8.69. The lowest BCUT2D eigenvalue weighted by Gasteiger charge is -2.01. The Morgan fingerprint density at radius 3 is 3.06 bits per heavy atom. The second kappa shape index (κ2) is 5.51. The molecule has 0 aromatic carbocycles. The van der Waals surface area contributed by atoms with E-state index in [1.807, 2.05) is 0 Å². The van der Waals surface area contributed by atoms with Gasteiger partial charge in [0, 0.05) is 6.20 Å². The van der Waals surface area contributed by atoms with Crippen LogP contribution in [0.5, 0.6) is 0 Å². The molecule has 82 valence electrons. The number of carbonyl (C=O) groups is 2. The lowest BCUT2D eigenvalue weighted by atomic mass is 10.2. The Bertz CT molecular complexity index is 472. The summed E-state index contributed by atoms with van der Waals surface area (Å²) in [4.78, 5) is 25.1. The first-order chi connectivity index (χ1) is 7.69. The first-order valence-corrected chi connectivity index (χ1v) is 4.45. The van der Waals surface area contributed by atoms with Crippen LogP contribution in [0, 0.1) is 11.8 Å². The number of nitrogens with zero attached hydrogens (tertiary/aromatic N) is 1. The van der Waals surface area contributed by atoms with E-state index in [1.165, 1.54) is 19.4 Å². The highest BCUT2D eigenvalue weighted by molar-refractivity contribution is 5.89. The fraction of sp³-hybridized carbons (Fsp3) is 0.182. The molecule has 1 aromatic heterocycles. The summed E-state index contributed by atoms with van der Waals surface area (Å²) >= 11 is 0. The minimum atomic E-state index is -0.508. The molecule has 1 aromatic rings. The second-order valence-electron chi connectivity index (χ2n) is 2.82. The summed E-state index contributed by atoms with van der Waals surface area (Å²) in [5.41, 5.74) is 6.24. The van der Waals surface area contributed by atoms with E-state index in [0.717, 1.165) is 0 Å². The molecule has 0 aliphatic carbocycles. The van der Waals surface area contributed by atoms with Gasteiger partial charge in [-0.1, -0.05) is 11.8 Å². The quantitative estimate of drug-likeness (QED) is 0.441. The van der Waals surface area contributed by atoms with Gasteiger partial charge in [0.1, 0.15) is 12.1 Å². The molecule has 16 heavy (non-hydrogen) atoms. The number of methoxy groups -OCH3 is 1. The number of hydrogen-bond donors (Lipinski definition) is 1. The van der Waals surface area contributed by atoms with Crippen LogP contribution in [0.1, 0.15) is 22.3 Å². The smallest absolute Gasteiger partial charge is 0.339 e. The largest absolute Gasteiger partial charge is 0.465 e. The predicted molar refractivity (Wildman–Crippen MR) is 57.5 cm³/mol. The molecule has 0 bridgehead atoms. The van der Waals surface area contributed by atoms with Gasteiger partial charge in [0.2, 0.25) is 0 Å². The van der Waals surface area contributed by atoms with E-state index < -0.39 is 5.97 Å². The van der Waals surface area contributed by atoms with Crippen molar-refractivity contribution in [2.24, 2.45) is 0 Å². The van der Waals surface area contributed by atoms with Gasteiger partial charge in [0.05, 0.1) is 24.7 Å². The maximum absolute atomic E-state index is 11.2. The Morgan fingerprint density at radius 1 is 1.69 bits per heavy atom. The molecule has 0 aliphatic heterocycles. The van der Waals surface area contributed by atoms with Crippen LogP contribution in [0.15, 0.2) is 12.3 Å². The van der Waals surface area contributed by atoms with Crippen LogP contribution in [0.2, 0.25) is 0 Å². The SMILES string of the molecule is COC(=O)c1cnc(N)c(C#CCC=O)c1. The van der Waals surface area contributed by atoms with Gasteiger partial charge in [0.25, 0.3) is 0 Å². The number of anilines is 1. The Balaban J connectivity index is 3.05. The van der Waals surface area contributed by atoms with Crippen LogP contribution in [0.25, 0.3) is 0 Å². The fourth-order valence-electron chi connectivity index (χ4n) is 0.993. The number of aromatic nitrogens is 1. The van der Waals surface area contributed by atoms with E-state index in [4.69, 9.17) is 5.73 Å². The van der Waals surface area contributed by atoms with Crippen molar-refractivity contribution < 1.29 is 14.3 Å². The number of carbonyl (C=O) groups excluding carboxylic acids is 2. The van der Waals surface area contributed by atoms with E-state index in [9.17, 15) is 9.59 Å². The number of nitrogen functional groups attached to an aromatic ring is 1. The van der Waals surface area contributed by atoms with Crippen molar-refractivity contribution >= 4 is 18.1 Å². The molecule has 0 fully saturated rings. The van der Waals surface area contributed by atoms with Gasteiger partial charge < -0.3 is 15.3 Å². The highest BCUT2D eigenvalue weighted by atomic mass is 16.5. The minimum Gasteiger partial charge on any atom is -0.465 e. The maximum Gasteiger partial charge on any atom is 0.339 e. The first-order valence-electron chi connectivity index (χ1n) is 4.45. The highest BCUT2D eigenvalue weighted by Crippen LogP contribution is 2.10. The first kappa shape index (κ1) is 11.7. The third-order valence-corrected chi connectivity index (χ3v) is 1.75. The van der Waals surface area contributed by atoms with E-state index in [0.29, 0.717) is 11.8 Å². The molecule has 5 heteroatoms. The van der Waals surface area contributed by atoms with Crippen LogP contribution in [0.4, 0.5) is 5.82 Å². The van der Waals surface area contributed by atoms with Crippen molar-refractivity contribution in [3.63, 3.8) is 0 Å². The van der Waals surface area contributed by atoms with E-state index in [2.05, 4.69) is 21.6 Å². The molecule has 1 heterocycles. The van der Waals surface area contributed by atoms with Crippen LogP contribution < -0.4 is 5.73 Å². The second-order valence-corrected chi connectivity index (χ2v) is 2.82. The van der Waals surface area contributed by atoms with Gasteiger partial charge in [-0.05, 0) is 6.07 Å². The molecule has 0 unspecified atom stereocenters. The Labute approximate surface area is 92.6 Å². The average Bonchev–Trinajstić information content (AvgIpc) is 2.31. The zero-order chi connectivity index (χ0) is 12.0. The summed E-state index contributed by atoms with van der Waals surface area (Å²) in [6.07, 6.45) is 2.11. The van der Waals surface area contributed by atoms with Gasteiger partial charge in [-0.2, -0.15) is 0 Å². The Hall–Kier alpha value is -2.35. The molecule has 1 rings (SSSR count). The number of hydrogen-bond acceptors (Lipinski definition) is 5. The van der Waals surface area contributed by atoms with Gasteiger partial charge in [0.15, 0.2) is 0 Å². The highest BCUT2D eigenvalue weighted by Gasteiger charge is 2.07. The molecule has 0 atom stereocenters. The molecule has 0 amide bonds. The number of rotatable bonds is 2. The predicted octanol–water partition coefficient (Wildman–Crippen LogP) is 0.391. The van der Waals surface area contributed by atoms with Crippen LogP contribution >= 0.6 is 0 Å². The van der Waals surface area contributed by atoms with Gasteiger partial charge >= 0.3 is 5.97 Å². The molecule has 2 N–H and O–H groups in total. The van der Waals surface area contributed by atoms with E-state index in [-0.39, 0.29) is 17.8 Å². The van der Waals surface area contributed by atoms with Crippen molar-refractivity contribution in [1.82, 2.24) is 4.98 Å². The van der Waals surface area contributed by atoms with Gasteiger partial charge in [-0.15, -0.1) is 0 Å². The van der Waals surface area contributed by atoms with Crippen molar-refractivity contribution in [3.05, 3.63) is 23.4 Å². The van der Waals surface area contributed by atoms with Crippen molar-refractivity contribution in [1.29, 1.82) is 0 Å². The summed E-state index contributed by atoms with van der Waals surface area (Å²) in [6.45, 7) is 0. The molecule has 5 nitrogen and oxygen atoms in total. The number of ether oxygens (including phenoxy) is 1. The number of nitrogens with two attached hydrogens (primary N) is 1. The summed E-state index contributed by atoms with van der Waals surface area (Å²) in [5, 5.41) is 0. The third-order valence-electron chi connectivity index (χ3n) is 1.75. The average molecular weight is 218 g/mol. The van der Waals surface area contributed by atoms with Gasteiger partial charge in [-0.25, -0.2) is 9.78 Å². The third kappa shape index (κ3) is 2.82. The van der Waals surface area contributed by atoms with E-state index in [1.54, 1.807) is 0 Å². The number of pyridine rings is 1. The van der Waals surface area contributed by atoms with E-state index >= 15 is 0 Å². The zero-order valence-electron chi connectivity index (χ0n) is 8.69. The topological polar surface area (TPSA) is 82.3 Å². The standard InChI is InChI=1S/C11H10N2O3/c1-16-11(15)9-6-8(4-2-3-5-14)10(12)13-7-9/h5-7H,3H2,1H3,(H2,12,13). The van der Waals surface area contributed by atoms with Crippen molar-refractivity contribution in [3.8, 4) is 11.8 Å². The lowest BCUT2D eigenvalue weighted by molar-refractivity contribution is -0.107. The molecular weight excluding hydrogens is 208 g/mol. The molecule has 0 saturated carbocycles. The number of aldehydes is 1. The Morgan fingerprint density at radius 2 is 2.44 bits per heavy atom. The Kier molecular flexibility index (Phi) is 4.04. The van der Waals surface area contributed by atoms with Crippen LogP contribution in [-0.2, 0) is 9.53 Å². The van der Waals surface area contributed by atoms with Gasteiger partial charge in [-0.3, -0.25) is 0 Å². The monoisotopic (exact) mass is 218 g/mol. The molecule has 0 aliphatic rings. The summed E-state index contributed by atoms with van der Waals surface area (Å²) in [6, 6.07) is 1.48. The molecule has 0 radical (unpaired) electrons. The van der Waals surface area contributed by atoms with Crippen molar-refractivity contribution in [2.75, 3.05) is 12.8 Å². The lowest BCUT2D eigenvalue weighted by Crippen LogP contribution is -2.04. The van der Waals surface area contributed by atoms with Crippen LogP contribution in [0.3, 0.4) is 0 Å². The van der Waals surface area contributed by atoms with Crippen molar-refractivity contribution in [2.45, 2.75) is 6.42 Å². The normalized spacial score (nSPS) is 8.81. The molecule has 0 spiro atoms. The number of esters is 1. The molecule has 0 saturated heterocycles. The summed E-state index contributed by atoms with van der Waals surface area (Å²) < 4.78 is 4.53. The summed E-state index contributed by atoms with van der Waals surface area (Å²) in [7, 11) is 1.27.